The Bertz CT molecular complexity index is 513. The molecule has 0 fully saturated rings. The van der Waals surface area contributed by atoms with Crippen molar-refractivity contribution in [2.75, 3.05) is 25.6 Å². The maximum Gasteiger partial charge on any atom is 0.240 e. The molecule has 0 radical (unpaired) electrons. The molecular weight excluding hydrogens is 238 g/mol. The summed E-state index contributed by atoms with van der Waals surface area (Å²) in [5.74, 6) is 0.865. The van der Waals surface area contributed by atoms with E-state index in [0.717, 1.165) is 4.88 Å². The Hall–Kier alpha value is -1.84. The number of hydrogen-bond acceptors (Lipinski definition) is 6. The second-order valence-corrected chi connectivity index (χ2v) is 4.15. The van der Waals surface area contributed by atoms with Gasteiger partial charge < -0.3 is 14.5 Å². The first-order chi connectivity index (χ1) is 8.35. The van der Waals surface area contributed by atoms with E-state index in [1.165, 1.54) is 11.3 Å². The Morgan fingerprint density at radius 3 is 3.18 bits per heavy atom. The fourth-order valence-electron chi connectivity index (χ4n) is 1.29. The first-order valence-electron chi connectivity index (χ1n) is 5.02. The van der Waals surface area contributed by atoms with E-state index in [0.29, 0.717) is 24.9 Å². The van der Waals surface area contributed by atoms with E-state index in [9.17, 15) is 0 Å². The second kappa shape index (κ2) is 5.48. The van der Waals surface area contributed by atoms with Crippen molar-refractivity contribution < 1.29 is 9.15 Å². The quantitative estimate of drug-likeness (QED) is 0.823. The number of nitrogens with zero attached hydrogens (tertiary/aromatic N) is 2. The van der Waals surface area contributed by atoms with Crippen molar-refractivity contribution in [3.8, 4) is 16.8 Å². The van der Waals surface area contributed by atoms with Crippen molar-refractivity contribution in [1.29, 1.82) is 5.26 Å². The summed E-state index contributed by atoms with van der Waals surface area (Å²) >= 11 is 1.52. The van der Waals surface area contributed by atoms with Crippen LogP contribution in [0.3, 0.4) is 0 Å². The molecule has 0 saturated carbocycles. The third-order valence-electron chi connectivity index (χ3n) is 2.06. The number of thiophene rings is 1. The van der Waals surface area contributed by atoms with E-state index in [1.54, 1.807) is 7.11 Å². The molecule has 0 aliphatic rings. The number of oxazole rings is 1. The summed E-state index contributed by atoms with van der Waals surface area (Å²) in [5, 5.41) is 13.9. The number of aromatic nitrogens is 1. The van der Waals surface area contributed by atoms with Crippen LogP contribution < -0.4 is 5.32 Å². The highest BCUT2D eigenvalue weighted by Crippen LogP contribution is 2.28. The highest BCUT2D eigenvalue weighted by atomic mass is 32.1. The van der Waals surface area contributed by atoms with Gasteiger partial charge in [0.25, 0.3) is 0 Å². The van der Waals surface area contributed by atoms with Crippen LogP contribution in [0.5, 0.6) is 0 Å². The predicted octanol–water partition coefficient (Wildman–Crippen LogP) is 2.33. The number of ether oxygens (including phenoxy) is 1. The molecule has 0 saturated heterocycles. The summed E-state index contributed by atoms with van der Waals surface area (Å²) in [6.07, 6.45) is 0. The number of hydrogen-bond donors (Lipinski definition) is 1. The van der Waals surface area contributed by atoms with Gasteiger partial charge in [-0.15, -0.1) is 11.3 Å². The number of methoxy groups -OCH3 is 1. The van der Waals surface area contributed by atoms with Gasteiger partial charge in [0.05, 0.1) is 11.5 Å². The molecule has 88 valence electrons. The van der Waals surface area contributed by atoms with E-state index in [4.69, 9.17) is 14.4 Å². The molecule has 0 aliphatic carbocycles. The van der Waals surface area contributed by atoms with Gasteiger partial charge in [-0.25, -0.2) is 0 Å². The molecule has 1 N–H and O–H groups in total. The molecule has 2 heterocycles. The Morgan fingerprint density at radius 1 is 1.65 bits per heavy atom. The monoisotopic (exact) mass is 249 g/mol. The first kappa shape index (κ1) is 11.6. The first-order valence-corrected chi connectivity index (χ1v) is 5.90. The number of anilines is 1. The van der Waals surface area contributed by atoms with E-state index in [1.807, 2.05) is 23.6 Å². The second-order valence-electron chi connectivity index (χ2n) is 3.21. The fraction of sp³-hybridized carbons (Fsp3) is 0.273. The predicted molar refractivity (Wildman–Crippen MR) is 64.9 cm³/mol. The topological polar surface area (TPSA) is 71.1 Å². The van der Waals surface area contributed by atoms with Crippen LogP contribution in [0.1, 0.15) is 5.69 Å². The molecule has 0 unspecified atom stereocenters. The van der Waals surface area contributed by atoms with E-state index >= 15 is 0 Å². The Balaban J connectivity index is 2.19. The zero-order chi connectivity index (χ0) is 12.1. The number of rotatable bonds is 5. The van der Waals surface area contributed by atoms with Crippen LogP contribution in [-0.2, 0) is 4.74 Å². The molecule has 2 aromatic heterocycles. The molecule has 0 aliphatic heterocycles. The third-order valence-corrected chi connectivity index (χ3v) is 2.91. The van der Waals surface area contributed by atoms with Crippen molar-refractivity contribution >= 4 is 17.2 Å². The van der Waals surface area contributed by atoms with Gasteiger partial charge in [0.2, 0.25) is 17.5 Å². The maximum atomic E-state index is 8.95. The smallest absolute Gasteiger partial charge is 0.240 e. The van der Waals surface area contributed by atoms with Crippen LogP contribution in [-0.4, -0.2) is 25.2 Å². The lowest BCUT2D eigenvalue weighted by Crippen LogP contribution is -2.07. The van der Waals surface area contributed by atoms with Gasteiger partial charge in [0, 0.05) is 13.7 Å². The Morgan fingerprint density at radius 2 is 2.53 bits per heavy atom. The van der Waals surface area contributed by atoms with Crippen molar-refractivity contribution in [2.45, 2.75) is 0 Å². The van der Waals surface area contributed by atoms with Gasteiger partial charge in [-0.05, 0) is 11.4 Å². The van der Waals surface area contributed by atoms with Crippen LogP contribution in [0.2, 0.25) is 0 Å². The van der Waals surface area contributed by atoms with Crippen LogP contribution in [0, 0.1) is 11.3 Å². The van der Waals surface area contributed by atoms with Crippen molar-refractivity contribution in [2.24, 2.45) is 0 Å². The summed E-state index contributed by atoms with van der Waals surface area (Å²) in [6, 6.07) is 5.81. The summed E-state index contributed by atoms with van der Waals surface area (Å²) in [7, 11) is 1.62. The zero-order valence-corrected chi connectivity index (χ0v) is 10.1. The molecule has 6 heteroatoms. The lowest BCUT2D eigenvalue weighted by molar-refractivity contribution is 0.210. The minimum atomic E-state index is 0.268. The van der Waals surface area contributed by atoms with Crippen LogP contribution in [0.25, 0.3) is 10.8 Å². The highest BCUT2D eigenvalue weighted by Gasteiger charge is 2.14. The van der Waals surface area contributed by atoms with Gasteiger partial charge >= 0.3 is 0 Å². The molecule has 2 aromatic rings. The Kier molecular flexibility index (Phi) is 3.75. The van der Waals surface area contributed by atoms with E-state index in [-0.39, 0.29) is 5.69 Å². The average Bonchev–Trinajstić information content (AvgIpc) is 2.97. The Labute approximate surface area is 103 Å². The standard InChI is InChI=1S/C11H11N3O2S/c1-15-5-4-13-10-8(7-12)14-11(16-10)9-3-2-6-17-9/h2-3,6,13H,4-5H2,1H3. The largest absolute Gasteiger partial charge is 0.418 e. The van der Waals surface area contributed by atoms with Gasteiger partial charge in [0.1, 0.15) is 6.07 Å². The van der Waals surface area contributed by atoms with Crippen molar-refractivity contribution in [3.63, 3.8) is 0 Å². The number of nitriles is 1. The van der Waals surface area contributed by atoms with Gasteiger partial charge in [0.15, 0.2) is 0 Å². The van der Waals surface area contributed by atoms with Gasteiger partial charge in [-0.1, -0.05) is 6.07 Å². The maximum absolute atomic E-state index is 8.95. The van der Waals surface area contributed by atoms with E-state index < -0.39 is 0 Å². The van der Waals surface area contributed by atoms with Crippen molar-refractivity contribution in [3.05, 3.63) is 23.2 Å². The SMILES string of the molecule is COCCNc1oc(-c2cccs2)nc1C#N. The molecule has 5 nitrogen and oxygen atoms in total. The summed E-state index contributed by atoms with van der Waals surface area (Å²) in [4.78, 5) is 5.03. The minimum absolute atomic E-state index is 0.268. The summed E-state index contributed by atoms with van der Waals surface area (Å²) in [6.45, 7) is 1.12. The summed E-state index contributed by atoms with van der Waals surface area (Å²) < 4.78 is 10.4. The van der Waals surface area contributed by atoms with Crippen LogP contribution in [0.4, 0.5) is 5.88 Å². The molecule has 17 heavy (non-hydrogen) atoms. The third kappa shape index (κ3) is 2.64. The molecule has 0 amide bonds. The van der Waals surface area contributed by atoms with Gasteiger partial charge in [-0.3, -0.25) is 0 Å². The normalized spacial score (nSPS) is 10.1. The fourth-order valence-corrected chi connectivity index (χ4v) is 1.94. The molecule has 0 spiro atoms. The molecular formula is C11H11N3O2S. The average molecular weight is 249 g/mol. The highest BCUT2D eigenvalue weighted by molar-refractivity contribution is 7.13. The molecule has 0 atom stereocenters. The molecule has 0 bridgehead atoms. The zero-order valence-electron chi connectivity index (χ0n) is 9.27. The van der Waals surface area contributed by atoms with Crippen LogP contribution >= 0.6 is 11.3 Å². The lowest BCUT2D eigenvalue weighted by atomic mass is 10.4. The summed E-state index contributed by atoms with van der Waals surface area (Å²) in [5.41, 5.74) is 0.268. The molecule has 2 rings (SSSR count). The van der Waals surface area contributed by atoms with E-state index in [2.05, 4.69) is 10.3 Å². The van der Waals surface area contributed by atoms with Crippen molar-refractivity contribution in [1.82, 2.24) is 4.98 Å². The molecule has 0 aromatic carbocycles. The number of nitrogens with one attached hydrogen (secondary N) is 1. The van der Waals surface area contributed by atoms with Crippen LogP contribution in [0.15, 0.2) is 21.9 Å². The van der Waals surface area contributed by atoms with Gasteiger partial charge in [-0.2, -0.15) is 10.2 Å². The lowest BCUT2D eigenvalue weighted by Gasteiger charge is -2.00. The minimum Gasteiger partial charge on any atom is -0.418 e.